The second kappa shape index (κ2) is 9.45. The van der Waals surface area contributed by atoms with Gasteiger partial charge in [-0.2, -0.15) is 0 Å². The molecule has 0 amide bonds. The molecule has 96 valence electrons. The van der Waals surface area contributed by atoms with Crippen molar-refractivity contribution in [3.05, 3.63) is 28.7 Å². The molecule has 1 aromatic carbocycles. The first-order valence-corrected chi connectivity index (χ1v) is 6.70. The molecule has 0 aromatic heterocycles. The lowest BCUT2D eigenvalue weighted by Crippen LogP contribution is -2.20. The standard InChI is InChI=1S/C13H20BrNO2/c1-16-10-8-15-7-2-3-9-17-13-6-4-5-12(14)11-13/h4-6,11,15H,2-3,7-10H2,1H3. The molecule has 0 atom stereocenters. The summed E-state index contributed by atoms with van der Waals surface area (Å²) in [6, 6.07) is 7.93. The van der Waals surface area contributed by atoms with Gasteiger partial charge >= 0.3 is 0 Å². The van der Waals surface area contributed by atoms with E-state index in [-0.39, 0.29) is 0 Å². The van der Waals surface area contributed by atoms with E-state index in [1.165, 1.54) is 0 Å². The van der Waals surface area contributed by atoms with E-state index >= 15 is 0 Å². The number of ether oxygens (including phenoxy) is 2. The Morgan fingerprint density at radius 2 is 2.06 bits per heavy atom. The van der Waals surface area contributed by atoms with Gasteiger partial charge in [-0.05, 0) is 37.6 Å². The number of hydrogen-bond acceptors (Lipinski definition) is 3. The lowest BCUT2D eigenvalue weighted by molar-refractivity contribution is 0.199. The molecule has 0 aliphatic heterocycles. The normalized spacial score (nSPS) is 10.5. The van der Waals surface area contributed by atoms with Gasteiger partial charge in [0.25, 0.3) is 0 Å². The molecule has 1 N–H and O–H groups in total. The van der Waals surface area contributed by atoms with E-state index in [1.807, 2.05) is 24.3 Å². The predicted molar refractivity (Wildman–Crippen MR) is 73.6 cm³/mol. The molecule has 1 rings (SSSR count). The predicted octanol–water partition coefficient (Wildman–Crippen LogP) is 2.84. The van der Waals surface area contributed by atoms with Gasteiger partial charge < -0.3 is 14.8 Å². The molecule has 17 heavy (non-hydrogen) atoms. The van der Waals surface area contributed by atoms with Crippen molar-refractivity contribution >= 4 is 15.9 Å². The van der Waals surface area contributed by atoms with Crippen molar-refractivity contribution in [2.75, 3.05) is 33.4 Å². The third kappa shape index (κ3) is 7.36. The fourth-order valence-electron chi connectivity index (χ4n) is 1.40. The van der Waals surface area contributed by atoms with Crippen molar-refractivity contribution < 1.29 is 9.47 Å². The molecular weight excluding hydrogens is 282 g/mol. The van der Waals surface area contributed by atoms with Gasteiger partial charge in [0.15, 0.2) is 0 Å². The van der Waals surface area contributed by atoms with Crippen LogP contribution in [0, 0.1) is 0 Å². The van der Waals surface area contributed by atoms with Gasteiger partial charge in [-0.3, -0.25) is 0 Å². The highest BCUT2D eigenvalue weighted by Crippen LogP contribution is 2.17. The Balaban J connectivity index is 1.97. The van der Waals surface area contributed by atoms with Crippen molar-refractivity contribution in [1.82, 2.24) is 5.32 Å². The minimum Gasteiger partial charge on any atom is -0.494 e. The second-order valence-corrected chi connectivity index (χ2v) is 4.67. The van der Waals surface area contributed by atoms with Crippen LogP contribution >= 0.6 is 15.9 Å². The molecule has 0 spiro atoms. The fourth-order valence-corrected chi connectivity index (χ4v) is 1.78. The summed E-state index contributed by atoms with van der Waals surface area (Å²) in [6.07, 6.45) is 2.18. The maximum atomic E-state index is 5.63. The first-order valence-electron chi connectivity index (χ1n) is 5.91. The first kappa shape index (κ1) is 14.5. The second-order valence-electron chi connectivity index (χ2n) is 3.76. The molecule has 1 aromatic rings. The van der Waals surface area contributed by atoms with E-state index in [9.17, 15) is 0 Å². The molecule has 0 heterocycles. The monoisotopic (exact) mass is 301 g/mol. The summed E-state index contributed by atoms with van der Waals surface area (Å²) in [4.78, 5) is 0. The van der Waals surface area contributed by atoms with E-state index in [0.29, 0.717) is 0 Å². The van der Waals surface area contributed by atoms with Crippen molar-refractivity contribution in [3.63, 3.8) is 0 Å². The molecule has 3 nitrogen and oxygen atoms in total. The molecule has 4 heteroatoms. The number of hydrogen-bond donors (Lipinski definition) is 1. The molecule has 0 aliphatic carbocycles. The SMILES string of the molecule is COCCNCCCCOc1cccc(Br)c1. The van der Waals surface area contributed by atoms with Crippen molar-refractivity contribution in [3.8, 4) is 5.75 Å². The van der Waals surface area contributed by atoms with Crippen LogP contribution in [0.4, 0.5) is 0 Å². The molecule has 0 unspecified atom stereocenters. The van der Waals surface area contributed by atoms with E-state index in [0.717, 1.165) is 49.4 Å². The molecule has 0 radical (unpaired) electrons. The summed E-state index contributed by atoms with van der Waals surface area (Å²) >= 11 is 3.42. The number of benzene rings is 1. The van der Waals surface area contributed by atoms with Crippen LogP contribution in [0.2, 0.25) is 0 Å². The number of unbranched alkanes of at least 4 members (excludes halogenated alkanes) is 1. The van der Waals surface area contributed by atoms with Gasteiger partial charge in [0, 0.05) is 18.1 Å². The summed E-state index contributed by atoms with van der Waals surface area (Å²) in [5.41, 5.74) is 0. The Hall–Kier alpha value is -0.580. The van der Waals surface area contributed by atoms with Crippen molar-refractivity contribution in [1.29, 1.82) is 0 Å². The summed E-state index contributed by atoms with van der Waals surface area (Å²) < 4.78 is 11.6. The molecule has 0 saturated heterocycles. The zero-order valence-electron chi connectivity index (χ0n) is 10.2. The molecule has 0 fully saturated rings. The topological polar surface area (TPSA) is 30.5 Å². The van der Waals surface area contributed by atoms with Crippen LogP contribution < -0.4 is 10.1 Å². The van der Waals surface area contributed by atoms with E-state index in [2.05, 4.69) is 21.2 Å². The van der Waals surface area contributed by atoms with Gasteiger partial charge in [-0.15, -0.1) is 0 Å². The maximum absolute atomic E-state index is 5.63. The van der Waals surface area contributed by atoms with Crippen LogP contribution in [0.3, 0.4) is 0 Å². The zero-order chi connectivity index (χ0) is 12.3. The average molecular weight is 302 g/mol. The van der Waals surface area contributed by atoms with E-state index < -0.39 is 0 Å². The Kier molecular flexibility index (Phi) is 8.05. The van der Waals surface area contributed by atoms with Gasteiger partial charge in [0.1, 0.15) is 5.75 Å². The highest BCUT2D eigenvalue weighted by molar-refractivity contribution is 9.10. The number of rotatable bonds is 9. The number of halogens is 1. The third-order valence-electron chi connectivity index (χ3n) is 2.30. The van der Waals surface area contributed by atoms with Crippen LogP contribution in [0.1, 0.15) is 12.8 Å². The third-order valence-corrected chi connectivity index (χ3v) is 2.79. The zero-order valence-corrected chi connectivity index (χ0v) is 11.8. The lowest BCUT2D eigenvalue weighted by atomic mass is 10.3. The summed E-state index contributed by atoms with van der Waals surface area (Å²) in [5, 5.41) is 3.31. The largest absolute Gasteiger partial charge is 0.494 e. The Morgan fingerprint density at radius 3 is 2.82 bits per heavy atom. The van der Waals surface area contributed by atoms with Crippen LogP contribution in [0.25, 0.3) is 0 Å². The lowest BCUT2D eigenvalue weighted by Gasteiger charge is -2.07. The quantitative estimate of drug-likeness (QED) is 0.712. The molecular formula is C13H20BrNO2. The number of nitrogens with one attached hydrogen (secondary N) is 1. The number of methoxy groups -OCH3 is 1. The van der Waals surface area contributed by atoms with Gasteiger partial charge in [0.05, 0.1) is 13.2 Å². The van der Waals surface area contributed by atoms with Crippen LogP contribution in [0.5, 0.6) is 5.75 Å². The molecule has 0 aliphatic rings. The smallest absolute Gasteiger partial charge is 0.120 e. The Morgan fingerprint density at radius 1 is 1.18 bits per heavy atom. The molecule has 0 bridgehead atoms. The molecule has 0 saturated carbocycles. The average Bonchev–Trinajstić information content (AvgIpc) is 2.33. The maximum Gasteiger partial charge on any atom is 0.120 e. The van der Waals surface area contributed by atoms with Crippen molar-refractivity contribution in [2.45, 2.75) is 12.8 Å². The summed E-state index contributed by atoms with van der Waals surface area (Å²) in [6.45, 7) is 3.48. The van der Waals surface area contributed by atoms with Gasteiger partial charge in [-0.1, -0.05) is 22.0 Å². The van der Waals surface area contributed by atoms with Gasteiger partial charge in [0.2, 0.25) is 0 Å². The first-order chi connectivity index (χ1) is 8.33. The van der Waals surface area contributed by atoms with Crippen molar-refractivity contribution in [2.24, 2.45) is 0 Å². The highest BCUT2D eigenvalue weighted by atomic mass is 79.9. The summed E-state index contributed by atoms with van der Waals surface area (Å²) in [5.74, 6) is 0.923. The van der Waals surface area contributed by atoms with E-state index in [4.69, 9.17) is 9.47 Å². The fraction of sp³-hybridized carbons (Fsp3) is 0.538. The Labute approximate surface area is 112 Å². The minimum atomic E-state index is 0.766. The van der Waals surface area contributed by atoms with Crippen LogP contribution in [-0.2, 0) is 4.74 Å². The van der Waals surface area contributed by atoms with Gasteiger partial charge in [-0.25, -0.2) is 0 Å². The Bertz CT molecular complexity index is 307. The van der Waals surface area contributed by atoms with Crippen LogP contribution in [0.15, 0.2) is 28.7 Å². The highest BCUT2D eigenvalue weighted by Gasteiger charge is 1.94. The van der Waals surface area contributed by atoms with E-state index in [1.54, 1.807) is 7.11 Å². The summed E-state index contributed by atoms with van der Waals surface area (Å²) in [7, 11) is 1.72. The van der Waals surface area contributed by atoms with Crippen LogP contribution in [-0.4, -0.2) is 33.4 Å². The minimum absolute atomic E-state index is 0.766.